The topological polar surface area (TPSA) is 46.2 Å². The van der Waals surface area contributed by atoms with Crippen LogP contribution in [0.4, 0.5) is 13.2 Å². The Morgan fingerprint density at radius 1 is 1.42 bits per heavy atom. The smallest absolute Gasteiger partial charge is 0.342 e. The minimum atomic E-state index is -4.89. The molecule has 1 amide bonds. The molecule has 102 valence electrons. The van der Waals surface area contributed by atoms with Crippen LogP contribution >= 0.6 is 0 Å². The molecule has 0 aliphatic heterocycles. The molecule has 3 nitrogen and oxygen atoms in total. The lowest BCUT2D eigenvalue weighted by atomic mass is 9.74. The van der Waals surface area contributed by atoms with Crippen LogP contribution in [0.25, 0.3) is 0 Å². The van der Waals surface area contributed by atoms with Crippen LogP contribution in [0.15, 0.2) is 29.4 Å². The van der Waals surface area contributed by atoms with Crippen molar-refractivity contribution in [1.29, 1.82) is 0 Å². The summed E-state index contributed by atoms with van der Waals surface area (Å²) in [7, 11) is 0. The Kier molecular flexibility index (Phi) is 3.62. The van der Waals surface area contributed by atoms with Crippen molar-refractivity contribution in [3.8, 4) is 0 Å². The molecule has 0 spiro atoms. The number of carbonyl (C=O) groups excluding carboxylic acids is 2. The van der Waals surface area contributed by atoms with Crippen molar-refractivity contribution in [2.75, 3.05) is 0 Å². The van der Waals surface area contributed by atoms with Gasteiger partial charge in [-0.05, 0) is 24.8 Å². The zero-order valence-corrected chi connectivity index (χ0v) is 9.96. The average molecular weight is 271 g/mol. The van der Waals surface area contributed by atoms with E-state index < -0.39 is 18.1 Å². The molecule has 0 aromatic heterocycles. The van der Waals surface area contributed by atoms with Gasteiger partial charge in [-0.1, -0.05) is 18.2 Å². The lowest BCUT2D eigenvalue weighted by Crippen LogP contribution is -2.46. The summed E-state index contributed by atoms with van der Waals surface area (Å²) in [5.41, 5.74) is 1.22. The van der Waals surface area contributed by atoms with Crippen molar-refractivity contribution in [1.82, 2.24) is 5.32 Å². The Bertz CT molecular complexity index is 499. The molecule has 2 atom stereocenters. The molecule has 0 radical (unpaired) electrons. The van der Waals surface area contributed by atoms with Gasteiger partial charge in [-0.2, -0.15) is 13.2 Å². The maximum Gasteiger partial charge on any atom is 0.471 e. The number of amides is 1. The summed E-state index contributed by atoms with van der Waals surface area (Å²) in [6, 6.07) is -0.666. The number of allylic oxidation sites excluding steroid dienone is 4. The molecule has 1 unspecified atom stereocenters. The molecule has 2 rings (SSSR count). The van der Waals surface area contributed by atoms with Gasteiger partial charge in [-0.3, -0.25) is 4.79 Å². The van der Waals surface area contributed by atoms with Gasteiger partial charge in [0.1, 0.15) is 5.94 Å². The maximum absolute atomic E-state index is 12.3. The van der Waals surface area contributed by atoms with Crippen LogP contribution in [0, 0.1) is 5.92 Å². The second-order valence-electron chi connectivity index (χ2n) is 4.57. The quantitative estimate of drug-likeness (QED) is 0.742. The Labute approximate surface area is 107 Å². The van der Waals surface area contributed by atoms with Gasteiger partial charge >= 0.3 is 12.1 Å². The SMILES string of the molecule is O=C=C1CC[C@H](NC(=O)C(F)(F)F)C2=CC=CCC12. The zero-order chi connectivity index (χ0) is 14.0. The van der Waals surface area contributed by atoms with Crippen LogP contribution < -0.4 is 5.32 Å². The molecule has 0 heterocycles. The van der Waals surface area contributed by atoms with E-state index in [2.05, 4.69) is 0 Å². The Morgan fingerprint density at radius 2 is 2.16 bits per heavy atom. The molecular weight excluding hydrogens is 259 g/mol. The normalized spacial score (nSPS) is 26.3. The number of rotatable bonds is 1. The standard InChI is InChI=1S/C13H12F3NO2/c14-13(15,16)12(19)17-11-6-5-8(7-18)9-3-1-2-4-10(9)11/h1-2,4,9,11H,3,5-6H2,(H,17,19)/t9?,11-/m0/s1. The minimum Gasteiger partial charge on any atom is -0.342 e. The number of nitrogens with one attached hydrogen (secondary N) is 1. The highest BCUT2D eigenvalue weighted by Gasteiger charge is 2.42. The average Bonchev–Trinajstić information content (AvgIpc) is 2.38. The Balaban J connectivity index is 2.19. The third-order valence-corrected chi connectivity index (χ3v) is 3.42. The van der Waals surface area contributed by atoms with Crippen molar-refractivity contribution in [3.05, 3.63) is 29.4 Å². The molecule has 1 saturated carbocycles. The summed E-state index contributed by atoms with van der Waals surface area (Å²) in [6.07, 6.45) is 1.58. The van der Waals surface area contributed by atoms with Gasteiger partial charge in [0, 0.05) is 11.5 Å². The minimum absolute atomic E-state index is 0.227. The number of hydrogen-bond donors (Lipinski definition) is 1. The molecular formula is C13H12F3NO2. The molecule has 0 aromatic carbocycles. The van der Waals surface area contributed by atoms with Crippen LogP contribution in [0.5, 0.6) is 0 Å². The molecule has 0 aromatic rings. The Morgan fingerprint density at radius 3 is 2.79 bits per heavy atom. The summed E-state index contributed by atoms with van der Waals surface area (Å²) in [5, 5.41) is 1.99. The first-order valence-corrected chi connectivity index (χ1v) is 5.91. The van der Waals surface area contributed by atoms with Gasteiger partial charge in [0.15, 0.2) is 0 Å². The lowest BCUT2D eigenvalue weighted by Gasteiger charge is -2.34. The highest BCUT2D eigenvalue weighted by atomic mass is 19.4. The van der Waals surface area contributed by atoms with E-state index in [9.17, 15) is 22.8 Å². The van der Waals surface area contributed by atoms with Crippen molar-refractivity contribution in [3.63, 3.8) is 0 Å². The second kappa shape index (κ2) is 5.05. The van der Waals surface area contributed by atoms with E-state index in [4.69, 9.17) is 0 Å². The van der Waals surface area contributed by atoms with E-state index in [-0.39, 0.29) is 5.92 Å². The van der Waals surface area contributed by atoms with E-state index >= 15 is 0 Å². The summed E-state index contributed by atoms with van der Waals surface area (Å²) >= 11 is 0. The van der Waals surface area contributed by atoms with Crippen molar-refractivity contribution >= 4 is 11.8 Å². The van der Waals surface area contributed by atoms with E-state index in [0.717, 1.165) is 0 Å². The fourth-order valence-corrected chi connectivity index (χ4v) is 2.51. The first kappa shape index (κ1) is 13.6. The van der Waals surface area contributed by atoms with Crippen LogP contribution in [0.1, 0.15) is 19.3 Å². The van der Waals surface area contributed by atoms with E-state index in [1.807, 2.05) is 17.3 Å². The van der Waals surface area contributed by atoms with Gasteiger partial charge in [0.05, 0.1) is 6.04 Å². The van der Waals surface area contributed by atoms with Crippen molar-refractivity contribution in [2.45, 2.75) is 31.5 Å². The summed E-state index contributed by atoms with van der Waals surface area (Å²) in [4.78, 5) is 21.8. The summed E-state index contributed by atoms with van der Waals surface area (Å²) < 4.78 is 36.8. The third kappa shape index (κ3) is 2.79. The number of fused-ring (bicyclic) bond motifs is 1. The molecule has 2 aliphatic carbocycles. The van der Waals surface area contributed by atoms with Gasteiger partial charge in [0.25, 0.3) is 0 Å². The Hall–Kier alpha value is -1.81. The first-order chi connectivity index (χ1) is 8.93. The molecule has 2 aliphatic rings. The highest BCUT2D eigenvalue weighted by Crippen LogP contribution is 2.37. The molecule has 0 bridgehead atoms. The van der Waals surface area contributed by atoms with Crippen LogP contribution in [-0.2, 0) is 9.59 Å². The monoisotopic (exact) mass is 271 g/mol. The van der Waals surface area contributed by atoms with Gasteiger partial charge in [0.2, 0.25) is 0 Å². The first-order valence-electron chi connectivity index (χ1n) is 5.91. The maximum atomic E-state index is 12.3. The number of hydrogen-bond acceptors (Lipinski definition) is 2. The highest BCUT2D eigenvalue weighted by molar-refractivity contribution is 5.82. The number of halogens is 3. The van der Waals surface area contributed by atoms with Crippen molar-refractivity contribution < 1.29 is 22.8 Å². The predicted octanol–water partition coefficient (Wildman–Crippen LogP) is 2.09. The number of carbonyl (C=O) groups is 1. The van der Waals surface area contributed by atoms with Crippen LogP contribution in [0.3, 0.4) is 0 Å². The summed E-state index contributed by atoms with van der Waals surface area (Å²) in [6.45, 7) is 0. The summed E-state index contributed by atoms with van der Waals surface area (Å²) in [5.74, 6) is -0.302. The van der Waals surface area contributed by atoms with E-state index in [1.165, 1.54) is 0 Å². The fraction of sp³-hybridized carbons (Fsp3) is 0.462. The third-order valence-electron chi connectivity index (χ3n) is 3.42. The number of alkyl halides is 3. The second-order valence-corrected chi connectivity index (χ2v) is 4.57. The molecule has 0 saturated heterocycles. The molecule has 1 fully saturated rings. The van der Waals surface area contributed by atoms with Crippen molar-refractivity contribution in [2.24, 2.45) is 5.92 Å². The van der Waals surface area contributed by atoms with Crippen LogP contribution in [-0.4, -0.2) is 24.1 Å². The molecule has 19 heavy (non-hydrogen) atoms. The zero-order valence-electron chi connectivity index (χ0n) is 9.96. The van der Waals surface area contributed by atoms with Crippen LogP contribution in [0.2, 0.25) is 0 Å². The van der Waals surface area contributed by atoms with Gasteiger partial charge in [-0.25, -0.2) is 4.79 Å². The lowest BCUT2D eigenvalue weighted by molar-refractivity contribution is -0.174. The molecule has 1 N–H and O–H groups in total. The van der Waals surface area contributed by atoms with Gasteiger partial charge in [-0.15, -0.1) is 0 Å². The van der Waals surface area contributed by atoms with E-state index in [1.54, 1.807) is 12.2 Å². The molecule has 6 heteroatoms. The van der Waals surface area contributed by atoms with Gasteiger partial charge < -0.3 is 5.32 Å². The fourth-order valence-electron chi connectivity index (χ4n) is 2.51. The predicted molar refractivity (Wildman–Crippen MR) is 61.8 cm³/mol. The van der Waals surface area contributed by atoms with E-state index in [0.29, 0.717) is 30.4 Å². The largest absolute Gasteiger partial charge is 0.471 e.